The van der Waals surface area contributed by atoms with Crippen LogP contribution < -0.4 is 0 Å². The van der Waals surface area contributed by atoms with E-state index in [0.29, 0.717) is 27.1 Å². The molecule has 0 radical (unpaired) electrons. The Balaban J connectivity index is 2.03. The number of rotatable bonds is 2. The first kappa shape index (κ1) is 15.1. The molecule has 1 aliphatic carbocycles. The van der Waals surface area contributed by atoms with Gasteiger partial charge in [0.25, 0.3) is 0 Å². The summed E-state index contributed by atoms with van der Waals surface area (Å²) in [4.78, 5) is 8.86. The molecule has 1 heterocycles. The van der Waals surface area contributed by atoms with Crippen molar-refractivity contribution >= 4 is 34.8 Å². The first-order chi connectivity index (χ1) is 10.1. The van der Waals surface area contributed by atoms with E-state index in [2.05, 4.69) is 9.97 Å². The van der Waals surface area contributed by atoms with E-state index in [4.69, 9.17) is 34.8 Å². The fourth-order valence-electron chi connectivity index (χ4n) is 2.83. The Morgan fingerprint density at radius 2 is 1.62 bits per heavy atom. The number of aromatic nitrogens is 2. The summed E-state index contributed by atoms with van der Waals surface area (Å²) < 4.78 is 0. The van der Waals surface area contributed by atoms with Crippen molar-refractivity contribution in [3.05, 3.63) is 44.7 Å². The molecule has 1 aliphatic rings. The molecule has 2 aromatic rings. The Hall–Kier alpha value is -0.830. The zero-order chi connectivity index (χ0) is 15.0. The van der Waals surface area contributed by atoms with Gasteiger partial charge in [-0.15, -0.1) is 0 Å². The number of benzene rings is 1. The lowest BCUT2D eigenvalue weighted by molar-refractivity contribution is 0.715. The molecule has 0 unspecified atom stereocenters. The summed E-state index contributed by atoms with van der Waals surface area (Å²) >= 11 is 18.9. The highest BCUT2D eigenvalue weighted by molar-refractivity contribution is 6.35. The van der Waals surface area contributed by atoms with Gasteiger partial charge < -0.3 is 0 Å². The van der Waals surface area contributed by atoms with Crippen LogP contribution in [-0.2, 0) is 0 Å². The summed E-state index contributed by atoms with van der Waals surface area (Å²) in [5.41, 5.74) is 2.74. The van der Waals surface area contributed by atoms with Crippen molar-refractivity contribution in [2.24, 2.45) is 0 Å². The maximum absolute atomic E-state index is 6.37. The van der Waals surface area contributed by atoms with E-state index in [1.807, 2.05) is 25.1 Å². The lowest BCUT2D eigenvalue weighted by atomic mass is 10.0. The normalized spacial score (nSPS) is 15.6. The minimum atomic E-state index is 0.389. The highest BCUT2D eigenvalue weighted by Gasteiger charge is 2.24. The molecular weight excluding hydrogens is 327 g/mol. The predicted octanol–water partition coefficient (Wildman–Crippen LogP) is 6.07. The van der Waals surface area contributed by atoms with Gasteiger partial charge in [-0.05, 0) is 37.3 Å². The van der Waals surface area contributed by atoms with Crippen molar-refractivity contribution in [3.8, 4) is 11.4 Å². The topological polar surface area (TPSA) is 25.8 Å². The molecule has 0 bridgehead atoms. The summed E-state index contributed by atoms with van der Waals surface area (Å²) in [5, 5.41) is 1.62. The SMILES string of the molecule is Cc1ccc(-c2nc(Cl)c(C3CCCC3)c(Cl)n2)cc1Cl. The van der Waals surface area contributed by atoms with Gasteiger partial charge in [0.1, 0.15) is 10.3 Å². The van der Waals surface area contributed by atoms with Crippen LogP contribution in [0.5, 0.6) is 0 Å². The summed E-state index contributed by atoms with van der Waals surface area (Å²) in [7, 11) is 0. The highest BCUT2D eigenvalue weighted by atomic mass is 35.5. The van der Waals surface area contributed by atoms with Crippen LogP contribution in [0.2, 0.25) is 15.3 Å². The second kappa shape index (κ2) is 6.12. The van der Waals surface area contributed by atoms with Gasteiger partial charge in [0, 0.05) is 16.1 Å². The molecular formula is C16H15Cl3N2. The van der Waals surface area contributed by atoms with Crippen molar-refractivity contribution < 1.29 is 0 Å². The Labute approximate surface area is 139 Å². The van der Waals surface area contributed by atoms with Gasteiger partial charge >= 0.3 is 0 Å². The van der Waals surface area contributed by atoms with Crippen LogP contribution in [0.3, 0.4) is 0 Å². The van der Waals surface area contributed by atoms with Crippen LogP contribution >= 0.6 is 34.8 Å². The smallest absolute Gasteiger partial charge is 0.162 e. The molecule has 2 nitrogen and oxygen atoms in total. The van der Waals surface area contributed by atoms with E-state index in [9.17, 15) is 0 Å². The molecule has 1 saturated carbocycles. The summed E-state index contributed by atoms with van der Waals surface area (Å²) in [5.74, 6) is 0.911. The van der Waals surface area contributed by atoms with Gasteiger partial charge in [-0.1, -0.05) is 59.8 Å². The zero-order valence-corrected chi connectivity index (χ0v) is 13.9. The van der Waals surface area contributed by atoms with Crippen LogP contribution in [0, 0.1) is 6.92 Å². The van der Waals surface area contributed by atoms with E-state index < -0.39 is 0 Å². The second-order valence-corrected chi connectivity index (χ2v) is 6.61. The number of halogens is 3. The fourth-order valence-corrected chi connectivity index (χ4v) is 3.71. The van der Waals surface area contributed by atoms with Crippen molar-refractivity contribution in [2.45, 2.75) is 38.5 Å². The minimum Gasteiger partial charge on any atom is -0.216 e. The van der Waals surface area contributed by atoms with Gasteiger partial charge in [0.05, 0.1) is 0 Å². The third kappa shape index (κ3) is 3.03. The molecule has 3 rings (SSSR count). The molecule has 0 N–H and O–H groups in total. The molecule has 0 aliphatic heterocycles. The van der Waals surface area contributed by atoms with Crippen molar-refractivity contribution in [3.63, 3.8) is 0 Å². The van der Waals surface area contributed by atoms with Gasteiger partial charge in [0.15, 0.2) is 5.82 Å². The fraction of sp³-hybridized carbons (Fsp3) is 0.375. The van der Waals surface area contributed by atoms with Crippen molar-refractivity contribution in [1.82, 2.24) is 9.97 Å². The molecule has 1 aromatic carbocycles. The quantitative estimate of drug-likeness (QED) is 0.619. The van der Waals surface area contributed by atoms with Gasteiger partial charge in [0.2, 0.25) is 0 Å². The Kier molecular flexibility index (Phi) is 4.39. The van der Waals surface area contributed by atoms with E-state index in [1.165, 1.54) is 12.8 Å². The van der Waals surface area contributed by atoms with Crippen LogP contribution in [0.25, 0.3) is 11.4 Å². The van der Waals surface area contributed by atoms with E-state index in [1.54, 1.807) is 0 Å². The molecule has 1 aromatic heterocycles. The van der Waals surface area contributed by atoms with Crippen molar-refractivity contribution in [1.29, 1.82) is 0 Å². The monoisotopic (exact) mass is 340 g/mol. The molecule has 21 heavy (non-hydrogen) atoms. The summed E-state index contributed by atoms with van der Waals surface area (Å²) in [6.07, 6.45) is 4.65. The second-order valence-electron chi connectivity index (χ2n) is 5.49. The standard InChI is InChI=1S/C16H15Cl3N2/c1-9-6-7-11(8-12(9)17)16-20-14(18)13(15(19)21-16)10-4-2-3-5-10/h6-8,10H,2-5H2,1H3. The molecule has 0 saturated heterocycles. The molecule has 0 atom stereocenters. The number of nitrogens with zero attached hydrogens (tertiary/aromatic N) is 2. The van der Waals surface area contributed by atoms with Crippen molar-refractivity contribution in [2.75, 3.05) is 0 Å². The zero-order valence-electron chi connectivity index (χ0n) is 11.7. The summed E-state index contributed by atoms with van der Waals surface area (Å²) in [6, 6.07) is 5.71. The van der Waals surface area contributed by atoms with Crippen LogP contribution in [0.1, 0.15) is 42.7 Å². The van der Waals surface area contributed by atoms with Gasteiger partial charge in [-0.3, -0.25) is 0 Å². The lowest BCUT2D eigenvalue weighted by Gasteiger charge is -2.14. The Morgan fingerprint density at radius 3 is 2.19 bits per heavy atom. The maximum Gasteiger partial charge on any atom is 0.162 e. The predicted molar refractivity (Wildman–Crippen MR) is 88.4 cm³/mol. The third-order valence-corrected chi connectivity index (χ3v) is 5.03. The van der Waals surface area contributed by atoms with Crippen LogP contribution in [0.15, 0.2) is 18.2 Å². The average Bonchev–Trinajstić information content (AvgIpc) is 2.95. The van der Waals surface area contributed by atoms with Crippen LogP contribution in [0.4, 0.5) is 0 Å². The third-order valence-electron chi connectivity index (χ3n) is 4.05. The summed E-state index contributed by atoms with van der Waals surface area (Å²) in [6.45, 7) is 1.95. The van der Waals surface area contributed by atoms with Gasteiger partial charge in [-0.25, -0.2) is 9.97 Å². The molecule has 0 spiro atoms. The number of hydrogen-bond donors (Lipinski definition) is 0. The van der Waals surface area contributed by atoms with E-state index in [0.717, 1.165) is 29.5 Å². The van der Waals surface area contributed by atoms with E-state index >= 15 is 0 Å². The molecule has 5 heteroatoms. The minimum absolute atomic E-state index is 0.389. The van der Waals surface area contributed by atoms with Gasteiger partial charge in [-0.2, -0.15) is 0 Å². The number of hydrogen-bond acceptors (Lipinski definition) is 2. The molecule has 110 valence electrons. The Bertz CT molecular complexity index is 656. The lowest BCUT2D eigenvalue weighted by Crippen LogP contribution is -2.01. The van der Waals surface area contributed by atoms with Crippen LogP contribution in [-0.4, -0.2) is 9.97 Å². The molecule has 1 fully saturated rings. The largest absolute Gasteiger partial charge is 0.216 e. The average molecular weight is 342 g/mol. The Morgan fingerprint density at radius 1 is 1.00 bits per heavy atom. The maximum atomic E-state index is 6.37. The first-order valence-electron chi connectivity index (χ1n) is 7.05. The molecule has 0 amide bonds. The van der Waals surface area contributed by atoms with E-state index in [-0.39, 0.29) is 0 Å². The highest BCUT2D eigenvalue weighted by Crippen LogP contribution is 2.40. The number of aryl methyl sites for hydroxylation is 1. The first-order valence-corrected chi connectivity index (χ1v) is 8.19.